The number of alkyl halides is 3. The summed E-state index contributed by atoms with van der Waals surface area (Å²) in [6.45, 7) is 0.503. The Bertz CT molecular complexity index is 921. The van der Waals surface area contributed by atoms with Crippen LogP contribution in [0.2, 0.25) is 0 Å². The molecule has 0 unspecified atom stereocenters. The highest BCUT2D eigenvalue weighted by Crippen LogP contribution is 2.21. The van der Waals surface area contributed by atoms with E-state index in [1.165, 1.54) is 0 Å². The SMILES string of the molecule is O=C(O)C(F)(F)F.O=C(O)c1cc2ccccc2n1Cc1cccnc1. The van der Waals surface area contributed by atoms with Crippen LogP contribution in [0.15, 0.2) is 54.9 Å². The monoisotopic (exact) mass is 366 g/mol. The first-order valence-electron chi connectivity index (χ1n) is 7.20. The number of para-hydroxylation sites is 1. The van der Waals surface area contributed by atoms with Crippen LogP contribution in [0.4, 0.5) is 13.2 Å². The van der Waals surface area contributed by atoms with Crippen molar-refractivity contribution in [3.8, 4) is 0 Å². The Morgan fingerprint density at radius 1 is 1.08 bits per heavy atom. The quantitative estimate of drug-likeness (QED) is 0.741. The van der Waals surface area contributed by atoms with Crippen LogP contribution in [0, 0.1) is 0 Å². The highest BCUT2D eigenvalue weighted by atomic mass is 19.4. The van der Waals surface area contributed by atoms with E-state index in [9.17, 15) is 23.1 Å². The Balaban J connectivity index is 0.000000298. The Morgan fingerprint density at radius 2 is 1.73 bits per heavy atom. The molecule has 1 aromatic carbocycles. The van der Waals surface area contributed by atoms with E-state index in [2.05, 4.69) is 4.98 Å². The average molecular weight is 366 g/mol. The molecule has 0 fully saturated rings. The van der Waals surface area contributed by atoms with E-state index in [-0.39, 0.29) is 0 Å². The van der Waals surface area contributed by atoms with Crippen molar-refractivity contribution < 1.29 is 33.0 Å². The topological polar surface area (TPSA) is 92.4 Å². The molecule has 9 heteroatoms. The van der Waals surface area contributed by atoms with Gasteiger partial charge in [0.05, 0.1) is 0 Å². The van der Waals surface area contributed by atoms with Gasteiger partial charge >= 0.3 is 18.1 Å². The zero-order valence-corrected chi connectivity index (χ0v) is 13.1. The molecule has 0 amide bonds. The van der Waals surface area contributed by atoms with Gasteiger partial charge in [0.1, 0.15) is 5.69 Å². The van der Waals surface area contributed by atoms with Crippen LogP contribution in [0.25, 0.3) is 10.9 Å². The van der Waals surface area contributed by atoms with Gasteiger partial charge in [0.25, 0.3) is 0 Å². The zero-order chi connectivity index (χ0) is 19.3. The predicted octanol–water partition coefficient (Wildman–Crippen LogP) is 3.42. The van der Waals surface area contributed by atoms with Gasteiger partial charge in [-0.15, -0.1) is 0 Å². The van der Waals surface area contributed by atoms with E-state index in [0.29, 0.717) is 12.2 Å². The van der Waals surface area contributed by atoms with E-state index in [0.717, 1.165) is 16.5 Å². The summed E-state index contributed by atoms with van der Waals surface area (Å²) in [4.78, 5) is 24.3. The Labute approximate surface area is 145 Å². The van der Waals surface area contributed by atoms with Gasteiger partial charge in [-0.3, -0.25) is 4.98 Å². The number of aromatic nitrogens is 2. The van der Waals surface area contributed by atoms with E-state index >= 15 is 0 Å². The molecule has 0 aliphatic carbocycles. The standard InChI is InChI=1S/C15H12N2O2.C2HF3O2/c18-15(19)14-8-12-5-1-2-6-13(12)17(14)10-11-4-3-7-16-9-11;3-2(4,5)1(6)7/h1-9H,10H2,(H,18,19);(H,6,7). The van der Waals surface area contributed by atoms with Gasteiger partial charge in [0.2, 0.25) is 0 Å². The molecule has 136 valence electrons. The number of aliphatic carboxylic acids is 1. The number of carboxylic acid groups (broad SMARTS) is 2. The number of carboxylic acids is 2. The van der Waals surface area contributed by atoms with Crippen LogP contribution in [0.5, 0.6) is 0 Å². The molecule has 2 heterocycles. The first-order chi connectivity index (χ1) is 12.2. The molecule has 0 bridgehead atoms. The third-order valence-corrected chi connectivity index (χ3v) is 3.34. The molecule has 2 aromatic heterocycles. The fourth-order valence-electron chi connectivity index (χ4n) is 2.23. The maximum Gasteiger partial charge on any atom is 0.490 e. The van der Waals surface area contributed by atoms with Gasteiger partial charge in [-0.2, -0.15) is 13.2 Å². The van der Waals surface area contributed by atoms with Gasteiger partial charge in [0.15, 0.2) is 0 Å². The van der Waals surface area contributed by atoms with E-state index in [1.807, 2.05) is 36.4 Å². The second-order valence-electron chi connectivity index (χ2n) is 5.14. The molecule has 0 aliphatic rings. The number of hydrogen-bond acceptors (Lipinski definition) is 3. The summed E-state index contributed by atoms with van der Waals surface area (Å²) in [5.41, 5.74) is 2.19. The number of aromatic carboxylic acids is 1. The number of nitrogens with zero attached hydrogens (tertiary/aromatic N) is 2. The Hall–Kier alpha value is -3.36. The van der Waals surface area contributed by atoms with Crippen molar-refractivity contribution in [2.45, 2.75) is 12.7 Å². The summed E-state index contributed by atoms with van der Waals surface area (Å²) in [7, 11) is 0. The first-order valence-corrected chi connectivity index (χ1v) is 7.20. The number of fused-ring (bicyclic) bond motifs is 1. The molecule has 6 nitrogen and oxygen atoms in total. The van der Waals surface area contributed by atoms with Crippen LogP contribution in [0.3, 0.4) is 0 Å². The molecule has 26 heavy (non-hydrogen) atoms. The predicted molar refractivity (Wildman–Crippen MR) is 85.9 cm³/mol. The third-order valence-electron chi connectivity index (χ3n) is 3.34. The van der Waals surface area contributed by atoms with Crippen molar-refractivity contribution >= 4 is 22.8 Å². The van der Waals surface area contributed by atoms with Gasteiger partial charge in [-0.1, -0.05) is 24.3 Å². The number of rotatable bonds is 3. The minimum absolute atomic E-state index is 0.296. The summed E-state index contributed by atoms with van der Waals surface area (Å²) in [6, 6.07) is 13.2. The van der Waals surface area contributed by atoms with Crippen LogP contribution >= 0.6 is 0 Å². The van der Waals surface area contributed by atoms with Crippen LogP contribution in [-0.2, 0) is 11.3 Å². The smallest absolute Gasteiger partial charge is 0.477 e. The molecular weight excluding hydrogens is 353 g/mol. The summed E-state index contributed by atoms with van der Waals surface area (Å²) in [5, 5.41) is 17.4. The van der Waals surface area contributed by atoms with Crippen molar-refractivity contribution in [3.63, 3.8) is 0 Å². The normalized spacial score (nSPS) is 10.9. The second-order valence-corrected chi connectivity index (χ2v) is 5.14. The Kier molecular flexibility index (Phi) is 5.61. The lowest BCUT2D eigenvalue weighted by molar-refractivity contribution is -0.192. The molecule has 0 saturated carbocycles. The summed E-state index contributed by atoms with van der Waals surface area (Å²) in [6.07, 6.45) is -1.63. The van der Waals surface area contributed by atoms with Gasteiger partial charge < -0.3 is 14.8 Å². The average Bonchev–Trinajstić information content (AvgIpc) is 2.95. The lowest BCUT2D eigenvalue weighted by Gasteiger charge is -2.08. The largest absolute Gasteiger partial charge is 0.490 e. The summed E-state index contributed by atoms with van der Waals surface area (Å²) >= 11 is 0. The zero-order valence-electron chi connectivity index (χ0n) is 13.1. The number of hydrogen-bond donors (Lipinski definition) is 2. The van der Waals surface area contributed by atoms with E-state index in [1.54, 1.807) is 23.0 Å². The summed E-state index contributed by atoms with van der Waals surface area (Å²) in [5.74, 6) is -3.67. The molecule has 0 saturated heterocycles. The maximum atomic E-state index is 11.3. The number of carbonyl (C=O) groups is 2. The highest BCUT2D eigenvalue weighted by Gasteiger charge is 2.38. The fourth-order valence-corrected chi connectivity index (χ4v) is 2.23. The van der Waals surface area contributed by atoms with Gasteiger partial charge in [-0.25, -0.2) is 9.59 Å². The molecule has 3 aromatic rings. The molecule has 0 radical (unpaired) electrons. The molecule has 0 spiro atoms. The third kappa shape index (κ3) is 4.59. The maximum absolute atomic E-state index is 11.3. The van der Waals surface area contributed by atoms with Crippen molar-refractivity contribution in [3.05, 3.63) is 66.1 Å². The van der Waals surface area contributed by atoms with Crippen molar-refractivity contribution in [1.29, 1.82) is 0 Å². The highest BCUT2D eigenvalue weighted by molar-refractivity contribution is 5.94. The molecule has 3 rings (SSSR count). The minimum Gasteiger partial charge on any atom is -0.477 e. The molecule has 2 N–H and O–H groups in total. The van der Waals surface area contributed by atoms with Crippen LogP contribution in [0.1, 0.15) is 16.1 Å². The van der Waals surface area contributed by atoms with Crippen LogP contribution < -0.4 is 0 Å². The first kappa shape index (κ1) is 19.0. The minimum atomic E-state index is -5.08. The number of benzene rings is 1. The van der Waals surface area contributed by atoms with Crippen molar-refractivity contribution in [2.75, 3.05) is 0 Å². The van der Waals surface area contributed by atoms with Crippen molar-refractivity contribution in [1.82, 2.24) is 9.55 Å². The van der Waals surface area contributed by atoms with Crippen molar-refractivity contribution in [2.24, 2.45) is 0 Å². The van der Waals surface area contributed by atoms with E-state index in [4.69, 9.17) is 9.90 Å². The summed E-state index contributed by atoms with van der Waals surface area (Å²) < 4.78 is 33.5. The fraction of sp³-hybridized carbons (Fsp3) is 0.118. The molecule has 0 atom stereocenters. The van der Waals surface area contributed by atoms with Gasteiger partial charge in [0, 0.05) is 29.8 Å². The lowest BCUT2D eigenvalue weighted by atomic mass is 10.2. The number of pyridine rings is 1. The van der Waals surface area contributed by atoms with Gasteiger partial charge in [-0.05, 0) is 23.8 Å². The van der Waals surface area contributed by atoms with E-state index < -0.39 is 18.1 Å². The lowest BCUT2D eigenvalue weighted by Crippen LogP contribution is -2.21. The Morgan fingerprint density at radius 3 is 2.27 bits per heavy atom. The van der Waals surface area contributed by atoms with Crippen LogP contribution in [-0.4, -0.2) is 37.9 Å². The molecule has 0 aliphatic heterocycles. The second kappa shape index (κ2) is 7.68. The molecular formula is C17H13F3N2O4. The number of halogens is 3.